The Bertz CT molecular complexity index is 351. The normalized spacial score (nSPS) is 11.4. The first-order valence-corrected chi connectivity index (χ1v) is 4.28. The number of aliphatic carboxylic acids is 1. The highest BCUT2D eigenvalue weighted by Crippen LogP contribution is 2.20. The molecule has 1 rings (SSSR count). The molecule has 0 aliphatic heterocycles. The molecule has 1 aromatic heterocycles. The summed E-state index contributed by atoms with van der Waals surface area (Å²) in [6.07, 6.45) is -1.16. The molecule has 0 spiro atoms. The molecule has 0 saturated carbocycles. The van der Waals surface area contributed by atoms with Crippen LogP contribution in [0.3, 0.4) is 0 Å². The summed E-state index contributed by atoms with van der Waals surface area (Å²) < 4.78 is 30.5. The fourth-order valence-electron chi connectivity index (χ4n) is 0.940. The summed E-state index contributed by atoms with van der Waals surface area (Å²) in [5, 5.41) is 11.8. The molecule has 0 saturated heterocycles. The average molecular weight is 220 g/mol. The van der Waals surface area contributed by atoms with Crippen molar-refractivity contribution in [1.29, 1.82) is 0 Å². The Hall–Kier alpha value is -1.66. The highest BCUT2D eigenvalue weighted by Gasteiger charge is 2.42. The van der Waals surface area contributed by atoms with E-state index in [1.165, 1.54) is 10.9 Å². The second-order valence-electron chi connectivity index (χ2n) is 2.86. The standard InChI is InChI=1S/C8H10F2N2O3/c1-2-3-12-5-6(4-11-12)15-8(9,10)7(13)14/h4-5H,2-3H2,1H3,(H,13,14). The summed E-state index contributed by atoms with van der Waals surface area (Å²) in [5.41, 5.74) is 0. The van der Waals surface area contributed by atoms with E-state index in [2.05, 4.69) is 9.84 Å². The minimum atomic E-state index is -4.22. The zero-order chi connectivity index (χ0) is 11.5. The van der Waals surface area contributed by atoms with Gasteiger partial charge in [0.1, 0.15) is 0 Å². The number of hydrogen-bond acceptors (Lipinski definition) is 3. The number of carbonyl (C=O) groups is 1. The van der Waals surface area contributed by atoms with E-state index in [0.717, 1.165) is 12.6 Å². The van der Waals surface area contributed by atoms with Gasteiger partial charge >= 0.3 is 12.1 Å². The predicted octanol–water partition coefficient (Wildman–Crippen LogP) is 1.35. The van der Waals surface area contributed by atoms with Crippen LogP contribution in [0.2, 0.25) is 0 Å². The number of ether oxygens (including phenoxy) is 1. The molecule has 0 amide bonds. The minimum Gasteiger partial charge on any atom is -0.474 e. The van der Waals surface area contributed by atoms with Crippen molar-refractivity contribution in [3.8, 4) is 5.75 Å². The summed E-state index contributed by atoms with van der Waals surface area (Å²) in [6, 6.07) is 0. The van der Waals surface area contributed by atoms with Gasteiger partial charge in [0.25, 0.3) is 0 Å². The second kappa shape index (κ2) is 4.24. The lowest BCUT2D eigenvalue weighted by molar-refractivity contribution is -0.210. The molecule has 84 valence electrons. The molecule has 0 aliphatic rings. The van der Waals surface area contributed by atoms with E-state index >= 15 is 0 Å². The average Bonchev–Trinajstić information content (AvgIpc) is 2.52. The van der Waals surface area contributed by atoms with Crippen molar-refractivity contribution < 1.29 is 23.4 Å². The summed E-state index contributed by atoms with van der Waals surface area (Å²) in [5.74, 6) is -2.60. The molecule has 0 fully saturated rings. The lowest BCUT2D eigenvalue weighted by Crippen LogP contribution is -2.34. The monoisotopic (exact) mass is 220 g/mol. The number of aromatic nitrogens is 2. The van der Waals surface area contributed by atoms with Gasteiger partial charge in [-0.05, 0) is 6.42 Å². The molecule has 1 heterocycles. The zero-order valence-corrected chi connectivity index (χ0v) is 7.98. The molecule has 7 heteroatoms. The Morgan fingerprint density at radius 1 is 1.73 bits per heavy atom. The van der Waals surface area contributed by atoms with E-state index in [1.807, 2.05) is 6.92 Å². The molecule has 0 radical (unpaired) electrons. The van der Waals surface area contributed by atoms with Crippen molar-refractivity contribution in [2.45, 2.75) is 26.0 Å². The van der Waals surface area contributed by atoms with Crippen LogP contribution < -0.4 is 4.74 Å². The van der Waals surface area contributed by atoms with Crippen LogP contribution in [-0.4, -0.2) is 27.0 Å². The molecule has 15 heavy (non-hydrogen) atoms. The Labute approximate surface area is 84.3 Å². The zero-order valence-electron chi connectivity index (χ0n) is 7.98. The molecule has 5 nitrogen and oxygen atoms in total. The molecule has 1 N–H and O–H groups in total. The van der Waals surface area contributed by atoms with Gasteiger partial charge in [0.2, 0.25) is 0 Å². The molecule has 1 aromatic rings. The van der Waals surface area contributed by atoms with Crippen LogP contribution >= 0.6 is 0 Å². The van der Waals surface area contributed by atoms with Crippen molar-refractivity contribution in [1.82, 2.24) is 9.78 Å². The molecule has 0 bridgehead atoms. The van der Waals surface area contributed by atoms with E-state index in [-0.39, 0.29) is 5.75 Å². The SMILES string of the molecule is CCCn1cc(OC(F)(F)C(=O)O)cn1. The van der Waals surface area contributed by atoms with Crippen LogP contribution in [0.15, 0.2) is 12.4 Å². The van der Waals surface area contributed by atoms with Crippen LogP contribution in [0, 0.1) is 0 Å². The number of rotatable bonds is 5. The lowest BCUT2D eigenvalue weighted by atomic mass is 10.5. The first-order valence-electron chi connectivity index (χ1n) is 4.28. The molecule has 0 unspecified atom stereocenters. The smallest absolute Gasteiger partial charge is 0.474 e. The molecule has 0 aromatic carbocycles. The minimum absolute atomic E-state index is 0.268. The van der Waals surface area contributed by atoms with Gasteiger partial charge in [-0.25, -0.2) is 4.79 Å². The van der Waals surface area contributed by atoms with Crippen molar-refractivity contribution >= 4 is 5.97 Å². The number of halogens is 2. The molecule has 0 atom stereocenters. The fraction of sp³-hybridized carbons (Fsp3) is 0.500. The van der Waals surface area contributed by atoms with Crippen LogP contribution in [0.1, 0.15) is 13.3 Å². The van der Waals surface area contributed by atoms with Crippen LogP contribution in [0.5, 0.6) is 5.75 Å². The van der Waals surface area contributed by atoms with Gasteiger partial charge in [-0.15, -0.1) is 0 Å². The maximum atomic E-state index is 12.6. The Morgan fingerprint density at radius 2 is 2.40 bits per heavy atom. The van der Waals surface area contributed by atoms with Gasteiger partial charge in [-0.2, -0.15) is 13.9 Å². The summed E-state index contributed by atoms with van der Waals surface area (Å²) in [6.45, 7) is 2.45. The number of nitrogens with zero attached hydrogens (tertiary/aromatic N) is 2. The number of carboxylic acid groups (broad SMARTS) is 1. The fourth-order valence-corrected chi connectivity index (χ4v) is 0.940. The van der Waals surface area contributed by atoms with Gasteiger partial charge < -0.3 is 9.84 Å². The van der Waals surface area contributed by atoms with Gasteiger partial charge in [0.05, 0.1) is 12.4 Å². The van der Waals surface area contributed by atoms with E-state index in [4.69, 9.17) is 5.11 Å². The van der Waals surface area contributed by atoms with Gasteiger partial charge in [-0.1, -0.05) is 6.92 Å². The maximum Gasteiger partial charge on any atom is 0.502 e. The number of hydrogen-bond donors (Lipinski definition) is 1. The summed E-state index contributed by atoms with van der Waals surface area (Å²) in [7, 11) is 0. The Balaban J connectivity index is 2.68. The number of carboxylic acids is 1. The Kier molecular flexibility index (Phi) is 3.23. The van der Waals surface area contributed by atoms with Crippen molar-refractivity contribution in [3.05, 3.63) is 12.4 Å². The van der Waals surface area contributed by atoms with Crippen molar-refractivity contribution in [2.24, 2.45) is 0 Å². The third-order valence-electron chi connectivity index (χ3n) is 1.56. The molecular formula is C8H10F2N2O3. The number of alkyl halides is 2. The highest BCUT2D eigenvalue weighted by atomic mass is 19.3. The van der Waals surface area contributed by atoms with Crippen LogP contribution in [0.4, 0.5) is 8.78 Å². The number of aryl methyl sites for hydroxylation is 1. The third kappa shape index (κ3) is 2.90. The van der Waals surface area contributed by atoms with Crippen molar-refractivity contribution in [3.63, 3.8) is 0 Å². The maximum absolute atomic E-state index is 12.6. The van der Waals surface area contributed by atoms with E-state index in [0.29, 0.717) is 6.54 Å². The third-order valence-corrected chi connectivity index (χ3v) is 1.56. The van der Waals surface area contributed by atoms with E-state index in [1.54, 1.807) is 0 Å². The first-order chi connectivity index (χ1) is 6.95. The first kappa shape index (κ1) is 11.4. The Morgan fingerprint density at radius 3 is 2.93 bits per heavy atom. The largest absolute Gasteiger partial charge is 0.502 e. The van der Waals surface area contributed by atoms with Crippen LogP contribution in [-0.2, 0) is 11.3 Å². The van der Waals surface area contributed by atoms with Gasteiger partial charge in [-0.3, -0.25) is 4.68 Å². The highest BCUT2D eigenvalue weighted by molar-refractivity contribution is 5.73. The summed E-state index contributed by atoms with van der Waals surface area (Å²) >= 11 is 0. The van der Waals surface area contributed by atoms with Gasteiger partial charge in [0, 0.05) is 6.54 Å². The lowest BCUT2D eigenvalue weighted by Gasteiger charge is -2.10. The predicted molar refractivity (Wildman–Crippen MR) is 45.7 cm³/mol. The quantitative estimate of drug-likeness (QED) is 0.813. The summed E-state index contributed by atoms with van der Waals surface area (Å²) in [4.78, 5) is 10.1. The van der Waals surface area contributed by atoms with E-state index in [9.17, 15) is 13.6 Å². The van der Waals surface area contributed by atoms with Gasteiger partial charge in [0.15, 0.2) is 5.75 Å². The van der Waals surface area contributed by atoms with Crippen molar-refractivity contribution in [2.75, 3.05) is 0 Å². The molecular weight excluding hydrogens is 210 g/mol. The van der Waals surface area contributed by atoms with E-state index < -0.39 is 12.1 Å². The second-order valence-corrected chi connectivity index (χ2v) is 2.86. The molecule has 0 aliphatic carbocycles. The topological polar surface area (TPSA) is 64.3 Å². The van der Waals surface area contributed by atoms with Crippen LogP contribution in [0.25, 0.3) is 0 Å².